The summed E-state index contributed by atoms with van der Waals surface area (Å²) in [5.41, 5.74) is 1.73. The number of benzene rings is 1. The zero-order valence-corrected chi connectivity index (χ0v) is 14.9. The second kappa shape index (κ2) is 8.05. The van der Waals surface area contributed by atoms with E-state index in [0.29, 0.717) is 23.7 Å². The minimum absolute atomic E-state index is 0.0155. The molecule has 2 aromatic heterocycles. The second-order valence-electron chi connectivity index (χ2n) is 6.54. The van der Waals surface area contributed by atoms with E-state index in [4.69, 9.17) is 9.15 Å². The minimum Gasteiger partial charge on any atom is -0.472 e. The van der Waals surface area contributed by atoms with Gasteiger partial charge in [0.2, 0.25) is 5.91 Å². The third-order valence-electron chi connectivity index (χ3n) is 4.64. The van der Waals surface area contributed by atoms with Crippen molar-refractivity contribution in [1.82, 2.24) is 9.88 Å². The van der Waals surface area contributed by atoms with Crippen molar-refractivity contribution in [1.29, 1.82) is 0 Å². The number of furan rings is 1. The second-order valence-corrected chi connectivity index (χ2v) is 6.54. The van der Waals surface area contributed by atoms with Crippen molar-refractivity contribution in [2.24, 2.45) is 0 Å². The molecule has 0 bridgehead atoms. The maximum atomic E-state index is 12.9. The lowest BCUT2D eigenvalue weighted by Crippen LogP contribution is -2.39. The highest BCUT2D eigenvalue weighted by molar-refractivity contribution is 5.96. The molecule has 1 atom stereocenters. The topological polar surface area (TPSA) is 67.6 Å². The molecule has 27 heavy (non-hydrogen) atoms. The standard InChI is InChI=1S/C21H21N3O3/c25-21(19-7-4-11-24(19)14-16-9-12-26-15-16)23-18-6-1-2-8-20(18)27-17-5-3-10-22-13-17/h1-3,5-6,8-10,12-13,15,19H,4,7,11,14H2,(H,23,25). The number of para-hydroxylation sites is 2. The highest BCUT2D eigenvalue weighted by Gasteiger charge is 2.31. The van der Waals surface area contributed by atoms with Gasteiger partial charge in [-0.05, 0) is 49.7 Å². The number of hydrogen-bond acceptors (Lipinski definition) is 5. The largest absolute Gasteiger partial charge is 0.472 e. The van der Waals surface area contributed by atoms with Crippen LogP contribution in [0.25, 0.3) is 0 Å². The Kier molecular flexibility index (Phi) is 5.16. The number of carbonyl (C=O) groups is 1. The van der Waals surface area contributed by atoms with Crippen molar-refractivity contribution >= 4 is 11.6 Å². The number of pyridine rings is 1. The van der Waals surface area contributed by atoms with Gasteiger partial charge in [-0.1, -0.05) is 12.1 Å². The van der Waals surface area contributed by atoms with E-state index in [2.05, 4.69) is 15.2 Å². The molecule has 3 heterocycles. The predicted octanol–water partition coefficient (Wildman–Crippen LogP) is 4.07. The molecule has 138 valence electrons. The molecule has 1 saturated heterocycles. The molecule has 0 saturated carbocycles. The number of anilines is 1. The summed E-state index contributed by atoms with van der Waals surface area (Å²) < 4.78 is 11.0. The number of nitrogens with one attached hydrogen (secondary N) is 1. The van der Waals surface area contributed by atoms with Gasteiger partial charge in [0.15, 0.2) is 5.75 Å². The summed E-state index contributed by atoms with van der Waals surface area (Å²) in [5, 5.41) is 3.03. The number of hydrogen-bond donors (Lipinski definition) is 1. The summed E-state index contributed by atoms with van der Waals surface area (Å²) in [4.78, 5) is 19.2. The van der Waals surface area contributed by atoms with Crippen LogP contribution in [0.15, 0.2) is 71.8 Å². The van der Waals surface area contributed by atoms with Crippen molar-refractivity contribution in [3.05, 3.63) is 72.9 Å². The fourth-order valence-electron chi connectivity index (χ4n) is 3.34. The number of carbonyl (C=O) groups excluding carboxylic acids is 1. The van der Waals surface area contributed by atoms with E-state index in [1.165, 1.54) is 0 Å². The maximum absolute atomic E-state index is 12.9. The van der Waals surface area contributed by atoms with Crippen molar-refractivity contribution in [3.63, 3.8) is 0 Å². The van der Waals surface area contributed by atoms with Crippen LogP contribution < -0.4 is 10.1 Å². The van der Waals surface area contributed by atoms with Crippen LogP contribution in [-0.2, 0) is 11.3 Å². The third-order valence-corrected chi connectivity index (χ3v) is 4.64. The first kappa shape index (κ1) is 17.3. The zero-order valence-electron chi connectivity index (χ0n) is 14.9. The molecule has 1 aliphatic heterocycles. The first-order valence-corrected chi connectivity index (χ1v) is 9.02. The van der Waals surface area contributed by atoms with Gasteiger partial charge < -0.3 is 14.5 Å². The Morgan fingerprint density at radius 3 is 3.00 bits per heavy atom. The number of likely N-dealkylation sites (tertiary alicyclic amines) is 1. The molecular weight excluding hydrogens is 342 g/mol. The van der Waals surface area contributed by atoms with E-state index in [-0.39, 0.29) is 11.9 Å². The van der Waals surface area contributed by atoms with Crippen LogP contribution in [0.3, 0.4) is 0 Å². The summed E-state index contributed by atoms with van der Waals surface area (Å²) in [6.45, 7) is 1.61. The monoisotopic (exact) mass is 363 g/mol. The van der Waals surface area contributed by atoms with Crippen LogP contribution in [0, 0.1) is 0 Å². The quantitative estimate of drug-likeness (QED) is 0.715. The highest BCUT2D eigenvalue weighted by Crippen LogP contribution is 2.30. The normalized spacial score (nSPS) is 17.0. The molecule has 4 rings (SSSR count). The smallest absolute Gasteiger partial charge is 0.241 e. The van der Waals surface area contributed by atoms with Gasteiger partial charge >= 0.3 is 0 Å². The van der Waals surface area contributed by atoms with Gasteiger partial charge in [-0.3, -0.25) is 14.7 Å². The molecule has 1 amide bonds. The van der Waals surface area contributed by atoms with Crippen LogP contribution in [0.2, 0.25) is 0 Å². The predicted molar refractivity (Wildman–Crippen MR) is 102 cm³/mol. The molecular formula is C21H21N3O3. The Labute approximate surface area is 157 Å². The van der Waals surface area contributed by atoms with E-state index in [9.17, 15) is 4.79 Å². The molecule has 3 aromatic rings. The van der Waals surface area contributed by atoms with Gasteiger partial charge in [0.25, 0.3) is 0 Å². The van der Waals surface area contributed by atoms with Crippen LogP contribution in [0.4, 0.5) is 5.69 Å². The van der Waals surface area contributed by atoms with Crippen molar-refractivity contribution in [2.45, 2.75) is 25.4 Å². The van der Waals surface area contributed by atoms with Crippen molar-refractivity contribution in [3.8, 4) is 11.5 Å². The zero-order chi connectivity index (χ0) is 18.5. The SMILES string of the molecule is O=C(Nc1ccccc1Oc1cccnc1)C1CCCN1Cc1ccoc1. The lowest BCUT2D eigenvalue weighted by atomic mass is 10.2. The van der Waals surface area contributed by atoms with E-state index in [1.807, 2.05) is 42.5 Å². The molecule has 1 aromatic carbocycles. The molecule has 1 N–H and O–H groups in total. The average molecular weight is 363 g/mol. The Balaban J connectivity index is 1.46. The summed E-state index contributed by atoms with van der Waals surface area (Å²) in [5.74, 6) is 1.21. The van der Waals surface area contributed by atoms with Crippen LogP contribution >= 0.6 is 0 Å². The van der Waals surface area contributed by atoms with E-state index in [0.717, 1.165) is 24.9 Å². The minimum atomic E-state index is -0.161. The maximum Gasteiger partial charge on any atom is 0.241 e. The summed E-state index contributed by atoms with van der Waals surface area (Å²) >= 11 is 0. The lowest BCUT2D eigenvalue weighted by molar-refractivity contribution is -0.120. The van der Waals surface area contributed by atoms with Crippen LogP contribution in [0.1, 0.15) is 18.4 Å². The molecule has 0 radical (unpaired) electrons. The number of aromatic nitrogens is 1. The number of amides is 1. The lowest BCUT2D eigenvalue weighted by Gasteiger charge is -2.23. The summed E-state index contributed by atoms with van der Waals surface area (Å²) in [6, 6.07) is 12.8. The van der Waals surface area contributed by atoms with E-state index in [1.54, 1.807) is 24.9 Å². The number of rotatable bonds is 6. The molecule has 1 unspecified atom stereocenters. The van der Waals surface area contributed by atoms with Crippen LogP contribution in [0.5, 0.6) is 11.5 Å². The summed E-state index contributed by atoms with van der Waals surface area (Å²) in [6.07, 6.45) is 8.56. The van der Waals surface area contributed by atoms with Gasteiger partial charge in [0.05, 0.1) is 30.5 Å². The number of nitrogens with zero attached hydrogens (tertiary/aromatic N) is 2. The third kappa shape index (κ3) is 4.17. The highest BCUT2D eigenvalue weighted by atomic mass is 16.5. The molecule has 6 heteroatoms. The van der Waals surface area contributed by atoms with Crippen LogP contribution in [-0.4, -0.2) is 28.4 Å². The van der Waals surface area contributed by atoms with Gasteiger partial charge in [-0.25, -0.2) is 0 Å². The fraction of sp³-hybridized carbons (Fsp3) is 0.238. The number of ether oxygens (including phenoxy) is 1. The molecule has 0 aliphatic carbocycles. The van der Waals surface area contributed by atoms with Gasteiger partial charge in [-0.2, -0.15) is 0 Å². The van der Waals surface area contributed by atoms with E-state index >= 15 is 0 Å². The summed E-state index contributed by atoms with van der Waals surface area (Å²) in [7, 11) is 0. The van der Waals surface area contributed by atoms with Crippen molar-refractivity contribution < 1.29 is 13.9 Å². The molecule has 1 fully saturated rings. The Bertz CT molecular complexity index is 881. The first-order chi connectivity index (χ1) is 13.3. The van der Waals surface area contributed by atoms with Crippen molar-refractivity contribution in [2.75, 3.05) is 11.9 Å². The van der Waals surface area contributed by atoms with Gasteiger partial charge in [0.1, 0.15) is 5.75 Å². The average Bonchev–Trinajstić information content (AvgIpc) is 3.37. The Hall–Kier alpha value is -3.12. The molecule has 6 nitrogen and oxygen atoms in total. The Morgan fingerprint density at radius 1 is 1.26 bits per heavy atom. The first-order valence-electron chi connectivity index (χ1n) is 9.02. The van der Waals surface area contributed by atoms with Gasteiger partial charge in [-0.15, -0.1) is 0 Å². The van der Waals surface area contributed by atoms with E-state index < -0.39 is 0 Å². The molecule has 1 aliphatic rings. The Morgan fingerprint density at radius 2 is 2.19 bits per heavy atom. The fourth-order valence-corrected chi connectivity index (χ4v) is 3.34. The molecule has 0 spiro atoms. The van der Waals surface area contributed by atoms with Gasteiger partial charge in [0, 0.05) is 18.3 Å².